The first-order chi connectivity index (χ1) is 29.4. The van der Waals surface area contributed by atoms with Crippen LogP contribution in [0.4, 0.5) is 4.79 Å². The molecule has 3 fully saturated rings. The summed E-state index contributed by atoms with van der Waals surface area (Å²) in [7, 11) is 6.76. The highest BCUT2D eigenvalue weighted by atomic mass is 16.7. The SMILES string of the molecule is CC[C@H]1OC(=O)[C@H](C)[C@@H](O[C@H]2C[C@@](C)(OC)[C@@H](OC(=O)NCCCN(CC)CC)[C@H](C)O2)[C@H](C)[C@@H](O[C@@H]2OCC[C@H](N(C)C)[C@H]2O)[C@](C)(OC)C[C@@H](C)C(=O)N[C@H](C)[C@@H](O)[C@]1(C)O. The summed E-state index contributed by atoms with van der Waals surface area (Å²) in [5.41, 5.74) is -4.36. The van der Waals surface area contributed by atoms with Crippen LogP contribution in [0.3, 0.4) is 0 Å². The molecule has 0 aliphatic carbocycles. The molecule has 3 aliphatic heterocycles. The van der Waals surface area contributed by atoms with Gasteiger partial charge in [-0.2, -0.15) is 0 Å². The van der Waals surface area contributed by atoms with Crippen molar-refractivity contribution in [2.75, 3.05) is 61.1 Å². The molecule has 2 amide bonds. The van der Waals surface area contributed by atoms with Crippen molar-refractivity contribution in [3.63, 3.8) is 0 Å². The smallest absolute Gasteiger partial charge is 0.407 e. The van der Waals surface area contributed by atoms with E-state index in [-0.39, 0.29) is 25.3 Å². The Kier molecular flexibility index (Phi) is 21.0. The van der Waals surface area contributed by atoms with Gasteiger partial charge in [-0.3, -0.25) is 9.59 Å². The van der Waals surface area contributed by atoms with Crippen LogP contribution in [0, 0.1) is 17.8 Å². The number of aliphatic hydroxyl groups excluding tert-OH is 2. The number of esters is 1. The lowest BCUT2D eigenvalue weighted by Gasteiger charge is -2.49. The molecule has 3 heterocycles. The third-order valence-corrected chi connectivity index (χ3v) is 13.9. The minimum absolute atomic E-state index is 0.0777. The van der Waals surface area contributed by atoms with E-state index in [0.29, 0.717) is 19.6 Å². The molecule has 17 atom stereocenters. The standard InChI is InChI=1S/C45H84N4O14/c1-16-32-45(11,55)36(51)29(7)47-39(52)26(4)24-43(9,56-14)37(62-41-34(50)31(48(12)13)20-23-58-41)27(5)35(28(6)40(53)60-32)61-33-25-44(10,57-15)38(30(8)59-33)63-42(54)46-21-19-22-49(17-2)18-3/h26-38,41,50-51,55H,16-25H2,1-15H3,(H,46,54)(H,47,52)/t26-,27+,28-,29-,30+,31+,32-,33+,34-,35+,36-,37-,38+,41+,43-,44-,45-/m1/s1. The van der Waals surface area contributed by atoms with E-state index < -0.39 is 114 Å². The maximum Gasteiger partial charge on any atom is 0.407 e. The van der Waals surface area contributed by atoms with Crippen molar-refractivity contribution in [2.24, 2.45) is 17.8 Å². The van der Waals surface area contributed by atoms with Crippen LogP contribution < -0.4 is 10.6 Å². The second-order valence-electron chi connectivity index (χ2n) is 18.9. The number of likely N-dealkylation sites (N-methyl/N-ethyl adjacent to an activating group) is 1. The first kappa shape index (κ1) is 55.1. The van der Waals surface area contributed by atoms with Gasteiger partial charge in [-0.15, -0.1) is 0 Å². The van der Waals surface area contributed by atoms with Crippen LogP contribution in [-0.2, 0) is 47.5 Å². The highest BCUT2D eigenvalue weighted by Gasteiger charge is 2.54. The summed E-state index contributed by atoms with van der Waals surface area (Å²) in [5.74, 6) is -3.71. The molecule has 0 aromatic heterocycles. The second kappa shape index (κ2) is 24.0. The number of carbonyl (C=O) groups excluding carboxylic acids is 3. The van der Waals surface area contributed by atoms with Gasteiger partial charge in [0.05, 0.1) is 42.5 Å². The zero-order valence-electron chi connectivity index (χ0n) is 40.9. The number of alkyl carbamates (subject to hydrolysis) is 1. The Morgan fingerprint density at radius 1 is 0.937 bits per heavy atom. The molecule has 0 saturated carbocycles. The van der Waals surface area contributed by atoms with E-state index in [1.54, 1.807) is 41.5 Å². The van der Waals surface area contributed by atoms with Crippen LogP contribution in [0.2, 0.25) is 0 Å². The van der Waals surface area contributed by atoms with Gasteiger partial charge in [0.25, 0.3) is 0 Å². The van der Waals surface area contributed by atoms with Crippen LogP contribution in [0.25, 0.3) is 0 Å². The third kappa shape index (κ3) is 13.7. The number of hydrogen-bond acceptors (Lipinski definition) is 16. The lowest BCUT2D eigenvalue weighted by molar-refractivity contribution is -0.313. The van der Waals surface area contributed by atoms with Gasteiger partial charge in [-0.1, -0.05) is 34.6 Å². The van der Waals surface area contributed by atoms with Crippen molar-refractivity contribution in [1.29, 1.82) is 0 Å². The Hall–Kier alpha value is -2.23. The van der Waals surface area contributed by atoms with E-state index in [4.69, 9.17) is 37.9 Å². The van der Waals surface area contributed by atoms with E-state index in [1.807, 2.05) is 32.8 Å². The first-order valence-corrected chi connectivity index (χ1v) is 23.1. The summed E-state index contributed by atoms with van der Waals surface area (Å²) in [6.45, 7) is 22.8. The number of rotatable bonds is 15. The van der Waals surface area contributed by atoms with Crippen LogP contribution in [0.1, 0.15) is 108 Å². The third-order valence-electron chi connectivity index (χ3n) is 13.9. The fourth-order valence-electron chi connectivity index (χ4n) is 9.60. The van der Waals surface area contributed by atoms with Crippen molar-refractivity contribution < 1.29 is 67.6 Å². The van der Waals surface area contributed by atoms with Gasteiger partial charge in [-0.25, -0.2) is 4.79 Å². The zero-order valence-corrected chi connectivity index (χ0v) is 40.9. The maximum absolute atomic E-state index is 14.5. The van der Waals surface area contributed by atoms with Crippen LogP contribution >= 0.6 is 0 Å². The van der Waals surface area contributed by atoms with Gasteiger partial charge in [0, 0.05) is 45.1 Å². The van der Waals surface area contributed by atoms with Gasteiger partial charge < -0.3 is 73.6 Å². The number of amides is 2. The zero-order chi connectivity index (χ0) is 47.6. The summed E-state index contributed by atoms with van der Waals surface area (Å²) in [6.07, 6.45) is -8.57. The molecule has 18 heteroatoms. The van der Waals surface area contributed by atoms with Crippen molar-refractivity contribution in [2.45, 2.75) is 192 Å². The molecule has 0 bridgehead atoms. The molecule has 3 rings (SSSR count). The Labute approximate surface area is 376 Å². The quantitative estimate of drug-likeness (QED) is 0.118. The molecule has 0 unspecified atom stereocenters. The molecule has 18 nitrogen and oxygen atoms in total. The topological polar surface area (TPSA) is 216 Å². The molecule has 3 saturated heterocycles. The maximum atomic E-state index is 14.5. The monoisotopic (exact) mass is 905 g/mol. The Bertz CT molecular complexity index is 1440. The molecular weight excluding hydrogens is 821 g/mol. The average Bonchev–Trinajstić information content (AvgIpc) is 3.24. The Morgan fingerprint density at radius 3 is 2.13 bits per heavy atom. The predicted octanol–water partition coefficient (Wildman–Crippen LogP) is 2.82. The number of cyclic esters (lactones) is 1. The summed E-state index contributed by atoms with van der Waals surface area (Å²) in [6, 6.07) is -1.23. The van der Waals surface area contributed by atoms with E-state index >= 15 is 0 Å². The number of hydrogen-bond donors (Lipinski definition) is 5. The molecule has 3 aliphatic rings. The Balaban J connectivity index is 2.09. The Morgan fingerprint density at radius 2 is 1.56 bits per heavy atom. The van der Waals surface area contributed by atoms with Crippen molar-refractivity contribution in [1.82, 2.24) is 20.4 Å². The van der Waals surface area contributed by atoms with Gasteiger partial charge >= 0.3 is 12.1 Å². The number of nitrogens with one attached hydrogen (secondary N) is 2. The number of aliphatic hydroxyl groups is 3. The lowest BCUT2D eigenvalue weighted by Crippen LogP contribution is -2.61. The molecule has 0 aromatic carbocycles. The van der Waals surface area contributed by atoms with E-state index in [1.165, 1.54) is 21.1 Å². The lowest BCUT2D eigenvalue weighted by atomic mass is 9.77. The summed E-state index contributed by atoms with van der Waals surface area (Å²) in [4.78, 5) is 45.6. The second-order valence-corrected chi connectivity index (χ2v) is 18.9. The van der Waals surface area contributed by atoms with Crippen molar-refractivity contribution in [3.05, 3.63) is 0 Å². The minimum atomic E-state index is -1.97. The molecule has 0 spiro atoms. The highest BCUT2D eigenvalue weighted by Crippen LogP contribution is 2.41. The first-order valence-electron chi connectivity index (χ1n) is 23.1. The summed E-state index contributed by atoms with van der Waals surface area (Å²) >= 11 is 0. The van der Waals surface area contributed by atoms with Gasteiger partial charge in [0.15, 0.2) is 18.7 Å². The fraction of sp³-hybridized carbons (Fsp3) is 0.933. The molecule has 0 radical (unpaired) electrons. The van der Waals surface area contributed by atoms with Crippen LogP contribution in [0.5, 0.6) is 0 Å². The molecular formula is C45H84N4O14. The highest BCUT2D eigenvalue weighted by molar-refractivity contribution is 5.78. The van der Waals surface area contributed by atoms with E-state index in [2.05, 4.69) is 29.4 Å². The summed E-state index contributed by atoms with van der Waals surface area (Å²) in [5, 5.41) is 40.5. The van der Waals surface area contributed by atoms with Gasteiger partial charge in [-0.05, 0) is 101 Å². The normalized spacial score (nSPS) is 41.3. The molecule has 5 N–H and O–H groups in total. The van der Waals surface area contributed by atoms with Crippen molar-refractivity contribution in [3.8, 4) is 0 Å². The number of methoxy groups -OCH3 is 2. The number of carbonyl (C=O) groups is 3. The van der Waals surface area contributed by atoms with E-state index in [9.17, 15) is 29.7 Å². The average molecular weight is 905 g/mol. The fourth-order valence-corrected chi connectivity index (χ4v) is 9.60. The number of ether oxygens (including phenoxy) is 8. The molecule has 63 heavy (non-hydrogen) atoms. The molecule has 368 valence electrons. The van der Waals surface area contributed by atoms with Gasteiger partial charge in [0.2, 0.25) is 5.91 Å². The van der Waals surface area contributed by atoms with Crippen molar-refractivity contribution >= 4 is 18.0 Å². The van der Waals surface area contributed by atoms with Crippen LogP contribution in [-0.4, -0.2) is 188 Å². The van der Waals surface area contributed by atoms with Gasteiger partial charge in [0.1, 0.15) is 29.5 Å². The predicted molar refractivity (Wildman–Crippen MR) is 235 cm³/mol. The minimum Gasteiger partial charge on any atom is -0.459 e. The van der Waals surface area contributed by atoms with Crippen LogP contribution in [0.15, 0.2) is 0 Å². The summed E-state index contributed by atoms with van der Waals surface area (Å²) < 4.78 is 50.6. The van der Waals surface area contributed by atoms with E-state index in [0.717, 1.165) is 26.1 Å². The number of nitrogens with zero attached hydrogens (tertiary/aromatic N) is 2. The largest absolute Gasteiger partial charge is 0.459 e. The molecule has 0 aromatic rings.